The number of nitrogens with one attached hydrogen (secondary N) is 1. The van der Waals surface area contributed by atoms with Crippen molar-refractivity contribution in [3.8, 4) is 11.5 Å². The van der Waals surface area contributed by atoms with Crippen LogP contribution < -0.4 is 14.8 Å². The minimum atomic E-state index is -0.492. The van der Waals surface area contributed by atoms with Gasteiger partial charge in [-0.25, -0.2) is 0 Å². The van der Waals surface area contributed by atoms with E-state index in [-0.39, 0.29) is 37.1 Å². The van der Waals surface area contributed by atoms with E-state index in [1.165, 1.54) is 29.2 Å². The van der Waals surface area contributed by atoms with Crippen LogP contribution in [0.2, 0.25) is 0 Å². The molecule has 0 atom stereocenters. The van der Waals surface area contributed by atoms with Crippen LogP contribution in [-0.2, 0) is 9.59 Å². The van der Waals surface area contributed by atoms with E-state index in [1.54, 1.807) is 38.4 Å². The Hall–Kier alpha value is -3.62. The maximum atomic E-state index is 12.0. The van der Waals surface area contributed by atoms with Gasteiger partial charge in [0.15, 0.2) is 6.61 Å². The van der Waals surface area contributed by atoms with Gasteiger partial charge < -0.3 is 19.7 Å². The number of nitrogens with zero attached hydrogens (tertiary/aromatic N) is 2. The van der Waals surface area contributed by atoms with Gasteiger partial charge in [0.25, 0.3) is 11.6 Å². The Morgan fingerprint density at radius 1 is 1.00 bits per heavy atom. The molecule has 9 heteroatoms. The topological polar surface area (TPSA) is 111 Å². The average Bonchev–Trinajstić information content (AvgIpc) is 2.67. The van der Waals surface area contributed by atoms with Crippen LogP contribution in [-0.4, -0.2) is 48.9 Å². The highest BCUT2D eigenvalue weighted by Crippen LogP contribution is 2.18. The number of carbonyl (C=O) groups is 2. The highest BCUT2D eigenvalue weighted by Gasteiger charge is 2.07. The van der Waals surface area contributed by atoms with Gasteiger partial charge in [0.1, 0.15) is 11.5 Å². The van der Waals surface area contributed by atoms with Gasteiger partial charge >= 0.3 is 0 Å². The summed E-state index contributed by atoms with van der Waals surface area (Å²) >= 11 is 0. The van der Waals surface area contributed by atoms with Crippen molar-refractivity contribution in [3.05, 3.63) is 58.6 Å². The van der Waals surface area contributed by atoms with Crippen molar-refractivity contribution >= 4 is 23.2 Å². The zero-order valence-electron chi connectivity index (χ0n) is 15.6. The van der Waals surface area contributed by atoms with E-state index in [9.17, 15) is 19.7 Å². The number of carbonyl (C=O) groups excluding carboxylic acids is 2. The number of benzene rings is 2. The second-order valence-corrected chi connectivity index (χ2v) is 6.00. The summed E-state index contributed by atoms with van der Waals surface area (Å²) in [4.78, 5) is 35.0. The molecule has 0 heterocycles. The zero-order chi connectivity index (χ0) is 20.5. The van der Waals surface area contributed by atoms with E-state index in [0.29, 0.717) is 17.2 Å². The summed E-state index contributed by atoms with van der Waals surface area (Å²) in [5.74, 6) is 0.589. The normalized spacial score (nSPS) is 10.1. The first kappa shape index (κ1) is 20.7. The van der Waals surface area contributed by atoms with Gasteiger partial charge in [-0.1, -0.05) is 0 Å². The first-order valence-corrected chi connectivity index (χ1v) is 8.45. The predicted molar refractivity (Wildman–Crippen MR) is 102 cm³/mol. The SMILES string of the molecule is CN(C)C(=O)COc1ccc(NC(=O)CCOc2ccc([N+](=O)[O-])cc2)cc1. The molecule has 0 aliphatic heterocycles. The molecule has 2 aromatic carbocycles. The van der Waals surface area contributed by atoms with E-state index < -0.39 is 4.92 Å². The van der Waals surface area contributed by atoms with Crippen molar-refractivity contribution in [1.82, 2.24) is 4.90 Å². The standard InChI is InChI=1S/C19H21N3O6/c1-21(2)19(24)13-28-17-7-3-14(4-8-17)20-18(23)11-12-27-16-9-5-15(6-10-16)22(25)26/h3-10H,11-13H2,1-2H3,(H,20,23). The fraction of sp³-hybridized carbons (Fsp3) is 0.263. The van der Waals surface area contributed by atoms with Crippen LogP contribution in [0.5, 0.6) is 11.5 Å². The lowest BCUT2D eigenvalue weighted by Crippen LogP contribution is -2.27. The van der Waals surface area contributed by atoms with E-state index in [0.717, 1.165) is 0 Å². The quantitative estimate of drug-likeness (QED) is 0.523. The smallest absolute Gasteiger partial charge is 0.269 e. The number of non-ortho nitro benzene ring substituents is 1. The lowest BCUT2D eigenvalue weighted by atomic mass is 10.3. The molecule has 0 saturated carbocycles. The Morgan fingerprint density at radius 3 is 2.14 bits per heavy atom. The van der Waals surface area contributed by atoms with Crippen LogP contribution in [0.25, 0.3) is 0 Å². The molecular weight excluding hydrogens is 366 g/mol. The number of hydrogen-bond acceptors (Lipinski definition) is 6. The summed E-state index contributed by atoms with van der Waals surface area (Å²) < 4.78 is 10.8. The lowest BCUT2D eigenvalue weighted by molar-refractivity contribution is -0.384. The Kier molecular flexibility index (Phi) is 7.32. The van der Waals surface area contributed by atoms with Crippen LogP contribution in [0, 0.1) is 10.1 Å². The average molecular weight is 387 g/mol. The summed E-state index contributed by atoms with van der Waals surface area (Å²) in [6.45, 7) is 0.0795. The third kappa shape index (κ3) is 6.60. The Labute approximate surface area is 162 Å². The number of likely N-dealkylation sites (N-methyl/N-ethyl adjacent to an activating group) is 1. The van der Waals surface area contributed by atoms with Crippen molar-refractivity contribution in [2.24, 2.45) is 0 Å². The van der Waals surface area contributed by atoms with Crippen molar-refractivity contribution in [2.45, 2.75) is 6.42 Å². The van der Waals surface area contributed by atoms with Gasteiger partial charge in [-0.2, -0.15) is 0 Å². The molecule has 0 fully saturated rings. The molecule has 0 aliphatic carbocycles. The molecule has 0 aromatic heterocycles. The Balaban J connectivity index is 1.73. The van der Waals surface area contributed by atoms with Crippen LogP contribution in [0.1, 0.15) is 6.42 Å². The molecule has 0 spiro atoms. The summed E-state index contributed by atoms with van der Waals surface area (Å²) in [6, 6.07) is 12.3. The fourth-order valence-corrected chi connectivity index (χ4v) is 2.06. The molecule has 28 heavy (non-hydrogen) atoms. The summed E-state index contributed by atoms with van der Waals surface area (Å²) in [7, 11) is 3.30. The summed E-state index contributed by atoms with van der Waals surface area (Å²) in [5, 5.41) is 13.3. The van der Waals surface area contributed by atoms with Gasteiger partial charge in [0.2, 0.25) is 5.91 Å². The number of amides is 2. The second kappa shape index (κ2) is 9.91. The molecule has 9 nitrogen and oxygen atoms in total. The molecule has 1 N–H and O–H groups in total. The van der Waals surface area contributed by atoms with Crippen LogP contribution in [0.3, 0.4) is 0 Å². The maximum absolute atomic E-state index is 12.0. The summed E-state index contributed by atoms with van der Waals surface area (Å²) in [5.41, 5.74) is 0.565. The molecule has 148 valence electrons. The highest BCUT2D eigenvalue weighted by atomic mass is 16.6. The largest absolute Gasteiger partial charge is 0.493 e. The van der Waals surface area contributed by atoms with Gasteiger partial charge in [-0.3, -0.25) is 19.7 Å². The minimum absolute atomic E-state index is 0.0244. The molecule has 2 rings (SSSR count). The summed E-state index contributed by atoms with van der Waals surface area (Å²) in [6.07, 6.45) is 0.118. The van der Waals surface area contributed by atoms with Crippen LogP contribution in [0.4, 0.5) is 11.4 Å². The first-order valence-electron chi connectivity index (χ1n) is 8.45. The number of rotatable bonds is 9. The zero-order valence-corrected chi connectivity index (χ0v) is 15.6. The van der Waals surface area contributed by atoms with Gasteiger partial charge in [-0.15, -0.1) is 0 Å². The maximum Gasteiger partial charge on any atom is 0.269 e. The van der Waals surface area contributed by atoms with Gasteiger partial charge in [0.05, 0.1) is 18.0 Å². The number of ether oxygens (including phenoxy) is 2. The molecular formula is C19H21N3O6. The Morgan fingerprint density at radius 2 is 1.57 bits per heavy atom. The molecule has 0 unspecified atom stereocenters. The lowest BCUT2D eigenvalue weighted by Gasteiger charge is -2.12. The van der Waals surface area contributed by atoms with E-state index in [4.69, 9.17) is 9.47 Å². The number of nitro benzene ring substituents is 1. The molecule has 2 amide bonds. The molecule has 0 bridgehead atoms. The first-order chi connectivity index (χ1) is 13.3. The molecule has 0 saturated heterocycles. The number of anilines is 1. The van der Waals surface area contributed by atoms with Crippen molar-refractivity contribution in [3.63, 3.8) is 0 Å². The number of nitro groups is 1. The molecule has 2 aromatic rings. The third-order valence-electron chi connectivity index (χ3n) is 3.64. The van der Waals surface area contributed by atoms with E-state index >= 15 is 0 Å². The van der Waals surface area contributed by atoms with Crippen LogP contribution >= 0.6 is 0 Å². The van der Waals surface area contributed by atoms with E-state index in [2.05, 4.69) is 5.32 Å². The number of hydrogen-bond donors (Lipinski definition) is 1. The van der Waals surface area contributed by atoms with Gasteiger partial charge in [-0.05, 0) is 36.4 Å². The van der Waals surface area contributed by atoms with E-state index in [1.807, 2.05) is 0 Å². The molecule has 0 aliphatic rings. The van der Waals surface area contributed by atoms with Crippen LogP contribution in [0.15, 0.2) is 48.5 Å². The second-order valence-electron chi connectivity index (χ2n) is 6.00. The van der Waals surface area contributed by atoms with Gasteiger partial charge in [0, 0.05) is 31.9 Å². The van der Waals surface area contributed by atoms with Crippen molar-refractivity contribution in [1.29, 1.82) is 0 Å². The third-order valence-corrected chi connectivity index (χ3v) is 3.64. The fourth-order valence-electron chi connectivity index (χ4n) is 2.06. The monoisotopic (exact) mass is 387 g/mol. The molecule has 0 radical (unpaired) electrons. The Bertz CT molecular complexity index is 819. The van der Waals surface area contributed by atoms with Crippen molar-refractivity contribution < 1.29 is 24.0 Å². The predicted octanol–water partition coefficient (Wildman–Crippen LogP) is 2.47. The van der Waals surface area contributed by atoms with Crippen molar-refractivity contribution in [2.75, 3.05) is 32.6 Å². The minimum Gasteiger partial charge on any atom is -0.493 e. The highest BCUT2D eigenvalue weighted by molar-refractivity contribution is 5.90.